The quantitative estimate of drug-likeness (QED) is 0.498. The maximum atomic E-state index is 13.3. The highest BCUT2D eigenvalue weighted by molar-refractivity contribution is 6.31. The first kappa shape index (κ1) is 17.2. The number of nitrogens with zero attached hydrogens (tertiary/aromatic N) is 1. The van der Waals surface area contributed by atoms with Crippen LogP contribution in [-0.2, 0) is 11.3 Å². The molecule has 128 valence electrons. The largest absolute Gasteiger partial charge is 0.461 e. The molecule has 0 spiro atoms. The molecular formula is C19H15ClFNO3. The molecule has 2 aromatic carbocycles. The van der Waals surface area contributed by atoms with E-state index in [0.717, 1.165) is 0 Å². The van der Waals surface area contributed by atoms with Gasteiger partial charge in [0.05, 0.1) is 12.2 Å². The number of hydrogen-bond acceptors (Lipinski definition) is 3. The van der Waals surface area contributed by atoms with Gasteiger partial charge in [-0.05, 0) is 30.7 Å². The standard InChI is InChI=1S/C19H15ClFNO3/c1-2-25-19(24)18-15(11-23)14-5-3-4-6-17(14)22(18)10-12-7-8-13(21)9-16(12)20/h3-9,11H,2,10H2,1H3. The summed E-state index contributed by atoms with van der Waals surface area (Å²) in [4.78, 5) is 24.1. The van der Waals surface area contributed by atoms with Gasteiger partial charge in [0.2, 0.25) is 0 Å². The predicted molar refractivity (Wildman–Crippen MR) is 93.8 cm³/mol. The summed E-state index contributed by atoms with van der Waals surface area (Å²) in [6, 6.07) is 11.3. The first-order valence-electron chi connectivity index (χ1n) is 7.74. The number of benzene rings is 2. The highest BCUT2D eigenvalue weighted by Crippen LogP contribution is 2.28. The van der Waals surface area contributed by atoms with Gasteiger partial charge in [0, 0.05) is 22.5 Å². The third kappa shape index (κ3) is 3.15. The van der Waals surface area contributed by atoms with Crippen molar-refractivity contribution in [3.63, 3.8) is 0 Å². The van der Waals surface area contributed by atoms with Gasteiger partial charge < -0.3 is 9.30 Å². The van der Waals surface area contributed by atoms with E-state index in [0.29, 0.717) is 22.8 Å². The Labute approximate surface area is 148 Å². The zero-order valence-electron chi connectivity index (χ0n) is 13.5. The maximum Gasteiger partial charge on any atom is 0.355 e. The number of aromatic nitrogens is 1. The summed E-state index contributed by atoms with van der Waals surface area (Å²) >= 11 is 6.13. The Balaban J connectivity index is 2.23. The molecule has 0 aliphatic rings. The molecule has 0 unspecified atom stereocenters. The van der Waals surface area contributed by atoms with E-state index in [1.165, 1.54) is 12.1 Å². The van der Waals surface area contributed by atoms with Gasteiger partial charge in [-0.25, -0.2) is 9.18 Å². The molecule has 3 aromatic rings. The highest BCUT2D eigenvalue weighted by Gasteiger charge is 2.24. The Bertz CT molecular complexity index is 965. The molecule has 6 heteroatoms. The predicted octanol–water partition coefficient (Wildman–Crippen LogP) is 4.47. The van der Waals surface area contributed by atoms with Gasteiger partial charge in [-0.2, -0.15) is 0 Å². The summed E-state index contributed by atoms with van der Waals surface area (Å²) in [5.41, 5.74) is 1.77. The molecule has 0 aliphatic heterocycles. The second-order valence-corrected chi connectivity index (χ2v) is 5.85. The van der Waals surface area contributed by atoms with E-state index in [9.17, 15) is 14.0 Å². The summed E-state index contributed by atoms with van der Waals surface area (Å²) in [7, 11) is 0. The molecule has 1 aromatic heterocycles. The number of fused-ring (bicyclic) bond motifs is 1. The van der Waals surface area contributed by atoms with E-state index in [1.807, 2.05) is 12.1 Å². The van der Waals surface area contributed by atoms with Crippen LogP contribution < -0.4 is 0 Å². The molecule has 0 atom stereocenters. The smallest absolute Gasteiger partial charge is 0.355 e. The zero-order valence-corrected chi connectivity index (χ0v) is 14.2. The molecule has 3 rings (SSSR count). The Kier molecular flexibility index (Phi) is 4.86. The summed E-state index contributed by atoms with van der Waals surface area (Å²) in [6.45, 7) is 2.10. The minimum absolute atomic E-state index is 0.165. The van der Waals surface area contributed by atoms with Gasteiger partial charge in [0.15, 0.2) is 6.29 Å². The Morgan fingerprint density at radius 2 is 2.04 bits per heavy atom. The number of hydrogen-bond donors (Lipinski definition) is 0. The van der Waals surface area contributed by atoms with Crippen molar-refractivity contribution in [3.8, 4) is 0 Å². The number of carbonyl (C=O) groups excluding carboxylic acids is 2. The van der Waals surface area contributed by atoms with Crippen molar-refractivity contribution in [1.29, 1.82) is 0 Å². The number of carbonyl (C=O) groups is 2. The number of esters is 1. The third-order valence-corrected chi connectivity index (χ3v) is 4.29. The molecular weight excluding hydrogens is 345 g/mol. The second-order valence-electron chi connectivity index (χ2n) is 5.44. The Morgan fingerprint density at radius 3 is 2.72 bits per heavy atom. The lowest BCUT2D eigenvalue weighted by atomic mass is 10.1. The molecule has 0 saturated heterocycles. The van der Waals surface area contributed by atoms with Crippen LogP contribution in [0.2, 0.25) is 5.02 Å². The van der Waals surface area contributed by atoms with Gasteiger partial charge in [-0.15, -0.1) is 0 Å². The zero-order chi connectivity index (χ0) is 18.0. The summed E-state index contributed by atoms with van der Waals surface area (Å²) in [5.74, 6) is -1.02. The fourth-order valence-electron chi connectivity index (χ4n) is 2.85. The molecule has 0 N–H and O–H groups in total. The van der Waals surface area contributed by atoms with Gasteiger partial charge in [0.25, 0.3) is 0 Å². The molecule has 0 saturated carbocycles. The van der Waals surface area contributed by atoms with Gasteiger partial charge in [-0.1, -0.05) is 35.9 Å². The van der Waals surface area contributed by atoms with Crippen molar-refractivity contribution in [3.05, 3.63) is 70.1 Å². The first-order valence-corrected chi connectivity index (χ1v) is 8.12. The van der Waals surface area contributed by atoms with E-state index in [4.69, 9.17) is 16.3 Å². The van der Waals surface area contributed by atoms with Crippen molar-refractivity contribution < 1.29 is 18.7 Å². The fraction of sp³-hybridized carbons (Fsp3) is 0.158. The highest BCUT2D eigenvalue weighted by atomic mass is 35.5. The van der Waals surface area contributed by atoms with E-state index in [2.05, 4.69) is 0 Å². The van der Waals surface area contributed by atoms with Crippen LogP contribution in [-0.4, -0.2) is 23.4 Å². The van der Waals surface area contributed by atoms with Crippen molar-refractivity contribution >= 4 is 34.8 Å². The molecule has 0 amide bonds. The summed E-state index contributed by atoms with van der Waals surface area (Å²) < 4.78 is 20.1. The van der Waals surface area contributed by atoms with Crippen molar-refractivity contribution in [1.82, 2.24) is 4.57 Å². The van der Waals surface area contributed by atoms with E-state index < -0.39 is 11.8 Å². The number of aldehydes is 1. The number of halogens is 2. The molecule has 1 heterocycles. The number of ether oxygens (including phenoxy) is 1. The number of para-hydroxylation sites is 1. The average Bonchev–Trinajstić information content (AvgIpc) is 2.91. The molecule has 0 fully saturated rings. The van der Waals surface area contributed by atoms with Crippen LogP contribution in [0.3, 0.4) is 0 Å². The minimum atomic E-state index is -0.584. The fourth-order valence-corrected chi connectivity index (χ4v) is 3.08. The van der Waals surface area contributed by atoms with Crippen LogP contribution in [0, 0.1) is 5.82 Å². The van der Waals surface area contributed by atoms with Crippen molar-refractivity contribution in [2.24, 2.45) is 0 Å². The molecule has 4 nitrogen and oxygen atoms in total. The Hall–Kier alpha value is -2.66. The van der Waals surface area contributed by atoms with Crippen molar-refractivity contribution in [2.45, 2.75) is 13.5 Å². The molecule has 0 bridgehead atoms. The van der Waals surface area contributed by atoms with Crippen LogP contribution in [0.5, 0.6) is 0 Å². The maximum absolute atomic E-state index is 13.3. The first-order chi connectivity index (χ1) is 12.1. The monoisotopic (exact) mass is 359 g/mol. The van der Waals surface area contributed by atoms with E-state index in [1.54, 1.807) is 29.7 Å². The normalized spacial score (nSPS) is 10.8. The average molecular weight is 360 g/mol. The third-order valence-electron chi connectivity index (χ3n) is 3.94. The number of rotatable bonds is 5. The van der Waals surface area contributed by atoms with Gasteiger partial charge in [-0.3, -0.25) is 4.79 Å². The lowest BCUT2D eigenvalue weighted by Crippen LogP contribution is -2.15. The molecule has 0 aliphatic carbocycles. The van der Waals surface area contributed by atoms with Crippen molar-refractivity contribution in [2.75, 3.05) is 6.61 Å². The lowest BCUT2D eigenvalue weighted by Gasteiger charge is -2.12. The SMILES string of the molecule is CCOC(=O)c1c(C=O)c2ccccc2n1Cc1ccc(F)cc1Cl. The molecule has 25 heavy (non-hydrogen) atoms. The lowest BCUT2D eigenvalue weighted by molar-refractivity contribution is 0.0512. The van der Waals surface area contributed by atoms with Crippen LogP contribution in [0.4, 0.5) is 4.39 Å². The van der Waals surface area contributed by atoms with Gasteiger partial charge in [0.1, 0.15) is 11.5 Å². The summed E-state index contributed by atoms with van der Waals surface area (Å²) in [6.07, 6.45) is 0.650. The van der Waals surface area contributed by atoms with Crippen LogP contribution in [0.25, 0.3) is 10.9 Å². The van der Waals surface area contributed by atoms with E-state index >= 15 is 0 Å². The van der Waals surface area contributed by atoms with Crippen LogP contribution >= 0.6 is 11.6 Å². The van der Waals surface area contributed by atoms with Crippen LogP contribution in [0.15, 0.2) is 42.5 Å². The summed E-state index contributed by atoms with van der Waals surface area (Å²) in [5, 5.41) is 0.902. The molecule has 0 radical (unpaired) electrons. The Morgan fingerprint density at radius 1 is 1.28 bits per heavy atom. The van der Waals surface area contributed by atoms with Gasteiger partial charge >= 0.3 is 5.97 Å². The second kappa shape index (κ2) is 7.07. The minimum Gasteiger partial charge on any atom is -0.461 e. The van der Waals surface area contributed by atoms with E-state index in [-0.39, 0.29) is 29.4 Å². The van der Waals surface area contributed by atoms with Crippen LogP contribution in [0.1, 0.15) is 33.3 Å². The topological polar surface area (TPSA) is 48.3 Å².